The smallest absolute Gasteiger partial charge is 0.0210 e. The fraction of sp³-hybridized carbons (Fsp3) is 1.00. The topological polar surface area (TPSA) is 38.0 Å². The highest BCUT2D eigenvalue weighted by molar-refractivity contribution is 4.75. The van der Waals surface area contributed by atoms with E-state index >= 15 is 0 Å². The van der Waals surface area contributed by atoms with Gasteiger partial charge >= 0.3 is 0 Å². The van der Waals surface area contributed by atoms with Crippen molar-refractivity contribution in [2.24, 2.45) is 11.8 Å². The van der Waals surface area contributed by atoms with Gasteiger partial charge in [-0.05, 0) is 25.2 Å². The molecule has 0 aromatic carbocycles. The van der Waals surface area contributed by atoms with Crippen molar-refractivity contribution in [2.45, 2.75) is 57.9 Å². The fourth-order valence-electron chi connectivity index (χ4n) is 1.60. The molecule has 1 saturated carbocycles. The largest absolute Gasteiger partial charge is 0.271 e. The van der Waals surface area contributed by atoms with Crippen molar-refractivity contribution >= 4 is 0 Å². The van der Waals surface area contributed by atoms with Crippen LogP contribution in [0.25, 0.3) is 0 Å². The van der Waals surface area contributed by atoms with Gasteiger partial charge < -0.3 is 0 Å². The molecular formula is C10H22N2. The third-order valence-corrected chi connectivity index (χ3v) is 2.76. The Bertz CT molecular complexity index is 110. The fourth-order valence-corrected chi connectivity index (χ4v) is 1.60. The van der Waals surface area contributed by atoms with E-state index in [0.29, 0.717) is 6.04 Å². The van der Waals surface area contributed by atoms with E-state index in [4.69, 9.17) is 5.84 Å². The van der Waals surface area contributed by atoms with E-state index in [9.17, 15) is 0 Å². The second-order valence-corrected chi connectivity index (χ2v) is 4.03. The van der Waals surface area contributed by atoms with Crippen LogP contribution in [0.15, 0.2) is 0 Å². The molecule has 1 fully saturated rings. The van der Waals surface area contributed by atoms with Crippen molar-refractivity contribution in [3.8, 4) is 0 Å². The third kappa shape index (κ3) is 4.07. The third-order valence-electron chi connectivity index (χ3n) is 2.76. The summed E-state index contributed by atoms with van der Waals surface area (Å²) in [5.74, 6) is 6.51. The van der Waals surface area contributed by atoms with Gasteiger partial charge in [-0.25, -0.2) is 0 Å². The molecule has 0 saturated heterocycles. The van der Waals surface area contributed by atoms with E-state index in [0.717, 1.165) is 5.92 Å². The van der Waals surface area contributed by atoms with Crippen molar-refractivity contribution in [1.29, 1.82) is 0 Å². The summed E-state index contributed by atoms with van der Waals surface area (Å²) in [6, 6.07) is 0.575. The van der Waals surface area contributed by atoms with Gasteiger partial charge in [0.15, 0.2) is 0 Å². The van der Waals surface area contributed by atoms with Crippen LogP contribution < -0.4 is 11.3 Å². The predicted octanol–water partition coefficient (Wildman–Crippen LogP) is 2.20. The maximum absolute atomic E-state index is 5.47. The van der Waals surface area contributed by atoms with Crippen LogP contribution in [0.3, 0.4) is 0 Å². The Kier molecular flexibility index (Phi) is 4.62. The highest BCUT2D eigenvalue weighted by Crippen LogP contribution is 2.34. The lowest BCUT2D eigenvalue weighted by Gasteiger charge is -2.14. The molecule has 3 N–H and O–H groups in total. The minimum atomic E-state index is 0.575. The molecular weight excluding hydrogens is 148 g/mol. The van der Waals surface area contributed by atoms with Crippen LogP contribution in [-0.4, -0.2) is 6.04 Å². The average molecular weight is 170 g/mol. The second-order valence-electron chi connectivity index (χ2n) is 4.03. The number of rotatable bonds is 7. The number of hydrazine groups is 1. The zero-order chi connectivity index (χ0) is 8.81. The molecule has 1 aliphatic carbocycles. The molecule has 2 heteroatoms. The molecule has 0 radical (unpaired) electrons. The Hall–Kier alpha value is -0.0800. The Labute approximate surface area is 75.9 Å². The summed E-state index contributed by atoms with van der Waals surface area (Å²) in [6.45, 7) is 2.23. The molecule has 1 unspecified atom stereocenters. The van der Waals surface area contributed by atoms with Crippen molar-refractivity contribution in [3.63, 3.8) is 0 Å². The highest BCUT2D eigenvalue weighted by Gasteiger charge is 2.21. The van der Waals surface area contributed by atoms with Crippen molar-refractivity contribution in [3.05, 3.63) is 0 Å². The second kappa shape index (κ2) is 5.55. The SMILES string of the molecule is CCCCC(CCC1CC1)NN. The first-order valence-corrected chi connectivity index (χ1v) is 5.33. The van der Waals surface area contributed by atoms with Crippen LogP contribution in [0.1, 0.15) is 51.9 Å². The first kappa shape index (κ1) is 10.0. The highest BCUT2D eigenvalue weighted by atomic mass is 15.2. The van der Waals surface area contributed by atoms with Crippen LogP contribution in [-0.2, 0) is 0 Å². The minimum Gasteiger partial charge on any atom is -0.271 e. The summed E-state index contributed by atoms with van der Waals surface area (Å²) in [4.78, 5) is 0. The van der Waals surface area contributed by atoms with Crippen LogP contribution in [0, 0.1) is 5.92 Å². The summed E-state index contributed by atoms with van der Waals surface area (Å²) < 4.78 is 0. The summed E-state index contributed by atoms with van der Waals surface area (Å²) in [5.41, 5.74) is 2.92. The van der Waals surface area contributed by atoms with Gasteiger partial charge in [-0.3, -0.25) is 11.3 Å². The molecule has 0 bridgehead atoms. The van der Waals surface area contributed by atoms with E-state index in [2.05, 4.69) is 12.3 Å². The molecule has 2 nitrogen and oxygen atoms in total. The Balaban J connectivity index is 1.98. The van der Waals surface area contributed by atoms with Gasteiger partial charge in [0.05, 0.1) is 0 Å². The van der Waals surface area contributed by atoms with E-state index < -0.39 is 0 Å². The van der Waals surface area contributed by atoms with E-state index in [-0.39, 0.29) is 0 Å². The van der Waals surface area contributed by atoms with Crippen molar-refractivity contribution in [1.82, 2.24) is 5.43 Å². The first-order valence-electron chi connectivity index (χ1n) is 5.33. The Morgan fingerprint density at radius 3 is 2.67 bits per heavy atom. The molecule has 12 heavy (non-hydrogen) atoms. The molecule has 0 aromatic heterocycles. The summed E-state index contributed by atoms with van der Waals surface area (Å²) in [6.07, 6.45) is 9.43. The molecule has 1 rings (SSSR count). The number of unbranched alkanes of at least 4 members (excludes halogenated alkanes) is 1. The van der Waals surface area contributed by atoms with Gasteiger partial charge in [0, 0.05) is 6.04 Å². The number of nitrogens with two attached hydrogens (primary N) is 1. The molecule has 1 aliphatic rings. The van der Waals surface area contributed by atoms with Gasteiger partial charge in [0.2, 0.25) is 0 Å². The summed E-state index contributed by atoms with van der Waals surface area (Å²) in [7, 11) is 0. The lowest BCUT2D eigenvalue weighted by Crippen LogP contribution is -2.35. The van der Waals surface area contributed by atoms with Gasteiger partial charge in [0.25, 0.3) is 0 Å². The monoisotopic (exact) mass is 170 g/mol. The molecule has 72 valence electrons. The number of hydrogen-bond donors (Lipinski definition) is 2. The molecule has 0 spiro atoms. The minimum absolute atomic E-state index is 0.575. The van der Waals surface area contributed by atoms with E-state index in [1.165, 1.54) is 44.9 Å². The van der Waals surface area contributed by atoms with Gasteiger partial charge in [-0.15, -0.1) is 0 Å². The van der Waals surface area contributed by atoms with Crippen molar-refractivity contribution < 1.29 is 0 Å². The zero-order valence-electron chi connectivity index (χ0n) is 8.18. The first-order chi connectivity index (χ1) is 5.86. The van der Waals surface area contributed by atoms with E-state index in [1.54, 1.807) is 0 Å². The predicted molar refractivity (Wildman–Crippen MR) is 52.6 cm³/mol. The van der Waals surface area contributed by atoms with E-state index in [1.807, 2.05) is 0 Å². The van der Waals surface area contributed by atoms with Crippen molar-refractivity contribution in [2.75, 3.05) is 0 Å². The maximum Gasteiger partial charge on any atom is 0.0210 e. The zero-order valence-corrected chi connectivity index (χ0v) is 8.18. The standard InChI is InChI=1S/C10H22N2/c1-2-3-4-10(12-11)8-7-9-5-6-9/h9-10,12H,2-8,11H2,1H3. The van der Waals surface area contributed by atoms with Crippen LogP contribution >= 0.6 is 0 Å². The number of nitrogens with one attached hydrogen (secondary N) is 1. The van der Waals surface area contributed by atoms with Crippen LogP contribution in [0.5, 0.6) is 0 Å². The quantitative estimate of drug-likeness (QED) is 0.454. The molecule has 0 aromatic rings. The average Bonchev–Trinajstić information content (AvgIpc) is 2.89. The molecule has 0 aliphatic heterocycles. The molecule has 0 amide bonds. The Morgan fingerprint density at radius 2 is 2.17 bits per heavy atom. The number of hydrogen-bond acceptors (Lipinski definition) is 2. The Morgan fingerprint density at radius 1 is 1.42 bits per heavy atom. The molecule has 1 atom stereocenters. The molecule has 0 heterocycles. The van der Waals surface area contributed by atoms with Crippen LogP contribution in [0.4, 0.5) is 0 Å². The maximum atomic E-state index is 5.47. The van der Waals surface area contributed by atoms with Gasteiger partial charge in [-0.2, -0.15) is 0 Å². The lowest BCUT2D eigenvalue weighted by atomic mass is 10.0. The summed E-state index contributed by atoms with van der Waals surface area (Å²) in [5, 5.41) is 0. The summed E-state index contributed by atoms with van der Waals surface area (Å²) >= 11 is 0. The van der Waals surface area contributed by atoms with Gasteiger partial charge in [0.1, 0.15) is 0 Å². The lowest BCUT2D eigenvalue weighted by molar-refractivity contribution is 0.427. The van der Waals surface area contributed by atoms with Gasteiger partial charge in [-0.1, -0.05) is 32.6 Å². The van der Waals surface area contributed by atoms with Crippen LogP contribution in [0.2, 0.25) is 0 Å². The normalized spacial score (nSPS) is 19.5.